The van der Waals surface area contributed by atoms with Gasteiger partial charge in [-0.1, -0.05) is 61.5 Å². The normalized spacial score (nSPS) is 11.6. The molecule has 0 unspecified atom stereocenters. The lowest BCUT2D eigenvalue weighted by molar-refractivity contribution is -0.113. The Kier molecular flexibility index (Phi) is 7.77. The summed E-state index contributed by atoms with van der Waals surface area (Å²) in [6, 6.07) is 13.3. The van der Waals surface area contributed by atoms with Crippen LogP contribution in [0.5, 0.6) is 0 Å². The van der Waals surface area contributed by atoms with Gasteiger partial charge in [-0.15, -0.1) is 10.2 Å². The lowest BCUT2D eigenvalue weighted by Crippen LogP contribution is -2.30. The van der Waals surface area contributed by atoms with E-state index in [9.17, 15) is 13.2 Å². The van der Waals surface area contributed by atoms with E-state index in [-0.39, 0.29) is 22.4 Å². The van der Waals surface area contributed by atoms with Gasteiger partial charge in [-0.25, -0.2) is 13.1 Å². The second kappa shape index (κ2) is 10.3. The maximum absolute atomic E-state index is 12.8. The summed E-state index contributed by atoms with van der Waals surface area (Å²) in [6.45, 7) is 4.31. The molecule has 0 saturated heterocycles. The molecule has 0 atom stereocenters. The number of halogens is 1. The van der Waals surface area contributed by atoms with Crippen molar-refractivity contribution in [2.45, 2.75) is 23.9 Å². The molecule has 0 aliphatic rings. The Bertz CT molecular complexity index is 1210. The van der Waals surface area contributed by atoms with Gasteiger partial charge in [-0.3, -0.25) is 4.79 Å². The van der Waals surface area contributed by atoms with E-state index in [0.29, 0.717) is 34.5 Å². The minimum absolute atomic E-state index is 0.0386. The standard InChI is InChI=1S/C20H23ClN6O3S2/c1-3-26(4-2)32(29,30)15-9-7-8-14(12-15)19-24-25-20(27(19)22)31-13-18(28)23-17-11-6-5-10-16(17)21/h5-12H,3-4,13,22H2,1-2H3,(H,23,28). The molecular weight excluding hydrogens is 472 g/mol. The van der Waals surface area contributed by atoms with Crippen LogP contribution >= 0.6 is 23.4 Å². The molecule has 0 aliphatic carbocycles. The summed E-state index contributed by atoms with van der Waals surface area (Å²) >= 11 is 7.15. The van der Waals surface area contributed by atoms with Gasteiger partial charge >= 0.3 is 0 Å². The number of benzene rings is 2. The van der Waals surface area contributed by atoms with E-state index in [1.165, 1.54) is 21.1 Å². The third-order valence-electron chi connectivity index (χ3n) is 4.58. The number of hydrogen-bond acceptors (Lipinski definition) is 7. The van der Waals surface area contributed by atoms with Gasteiger partial charge in [0.05, 0.1) is 21.4 Å². The highest BCUT2D eigenvalue weighted by molar-refractivity contribution is 7.99. The van der Waals surface area contributed by atoms with Crippen molar-refractivity contribution in [2.24, 2.45) is 0 Å². The molecule has 0 saturated carbocycles. The summed E-state index contributed by atoms with van der Waals surface area (Å²) < 4.78 is 28.2. The Morgan fingerprint density at radius 2 is 1.88 bits per heavy atom. The monoisotopic (exact) mass is 494 g/mol. The van der Waals surface area contributed by atoms with Gasteiger partial charge in [0.15, 0.2) is 5.82 Å². The fourth-order valence-electron chi connectivity index (χ4n) is 2.96. The van der Waals surface area contributed by atoms with Crippen LogP contribution in [0.15, 0.2) is 58.6 Å². The van der Waals surface area contributed by atoms with Gasteiger partial charge in [0, 0.05) is 18.7 Å². The lowest BCUT2D eigenvalue weighted by Gasteiger charge is -2.18. The van der Waals surface area contributed by atoms with Crippen LogP contribution < -0.4 is 11.2 Å². The second-order valence-electron chi connectivity index (χ2n) is 6.61. The summed E-state index contributed by atoms with van der Waals surface area (Å²) in [5.74, 6) is 6.18. The topological polar surface area (TPSA) is 123 Å². The van der Waals surface area contributed by atoms with Gasteiger partial charge in [-0.2, -0.15) is 4.31 Å². The summed E-state index contributed by atoms with van der Waals surface area (Å²) in [4.78, 5) is 12.4. The number of aromatic nitrogens is 3. The van der Waals surface area contributed by atoms with Crippen LogP contribution in [-0.2, 0) is 14.8 Å². The Morgan fingerprint density at radius 1 is 1.16 bits per heavy atom. The molecule has 2 aromatic carbocycles. The van der Waals surface area contributed by atoms with E-state index in [4.69, 9.17) is 17.4 Å². The molecule has 0 bridgehead atoms. The van der Waals surface area contributed by atoms with Crippen molar-refractivity contribution in [3.63, 3.8) is 0 Å². The number of thioether (sulfide) groups is 1. The number of sulfonamides is 1. The van der Waals surface area contributed by atoms with Crippen molar-refractivity contribution >= 4 is 45.0 Å². The number of carbonyl (C=O) groups excluding carboxylic acids is 1. The van der Waals surface area contributed by atoms with Crippen LogP contribution in [0, 0.1) is 0 Å². The number of nitrogens with two attached hydrogens (primary N) is 1. The predicted octanol–water partition coefficient (Wildman–Crippen LogP) is 3.07. The SMILES string of the molecule is CCN(CC)S(=O)(=O)c1cccc(-c2nnc(SCC(=O)Nc3ccccc3Cl)n2N)c1. The van der Waals surface area contributed by atoms with Crippen molar-refractivity contribution in [1.82, 2.24) is 19.2 Å². The number of hydrogen-bond donors (Lipinski definition) is 2. The molecule has 0 aliphatic heterocycles. The van der Waals surface area contributed by atoms with Crippen LogP contribution in [0.3, 0.4) is 0 Å². The zero-order chi connectivity index (χ0) is 23.3. The number of rotatable bonds is 9. The molecule has 0 fully saturated rings. The van der Waals surface area contributed by atoms with Crippen molar-refractivity contribution < 1.29 is 13.2 Å². The van der Waals surface area contributed by atoms with Gasteiger partial charge in [0.2, 0.25) is 21.1 Å². The molecule has 3 aromatic rings. The zero-order valence-corrected chi connectivity index (χ0v) is 19.9. The van der Waals surface area contributed by atoms with E-state index in [0.717, 1.165) is 11.8 Å². The number of amides is 1. The van der Waals surface area contributed by atoms with Gasteiger partial charge in [0.1, 0.15) is 0 Å². The molecule has 32 heavy (non-hydrogen) atoms. The maximum atomic E-state index is 12.8. The second-order valence-corrected chi connectivity index (χ2v) is 9.90. The average molecular weight is 495 g/mol. The van der Waals surface area contributed by atoms with Gasteiger partial charge in [0.25, 0.3) is 0 Å². The van der Waals surface area contributed by atoms with E-state index >= 15 is 0 Å². The Labute approximate surface area is 196 Å². The summed E-state index contributed by atoms with van der Waals surface area (Å²) in [5.41, 5.74) is 1.02. The molecule has 3 rings (SSSR count). The first-order chi connectivity index (χ1) is 15.3. The van der Waals surface area contributed by atoms with Gasteiger partial charge < -0.3 is 11.2 Å². The fourth-order valence-corrected chi connectivity index (χ4v) is 5.30. The number of nitrogen functional groups attached to an aromatic ring is 1. The number of para-hydroxylation sites is 1. The molecule has 0 radical (unpaired) electrons. The van der Waals surface area contributed by atoms with Crippen LogP contribution in [0.1, 0.15) is 13.8 Å². The summed E-state index contributed by atoms with van der Waals surface area (Å²) in [5, 5.41) is 11.6. The first-order valence-electron chi connectivity index (χ1n) is 9.76. The Morgan fingerprint density at radius 3 is 2.56 bits per heavy atom. The molecule has 0 spiro atoms. The van der Waals surface area contributed by atoms with Crippen LogP contribution in [0.25, 0.3) is 11.4 Å². The highest BCUT2D eigenvalue weighted by Gasteiger charge is 2.23. The quantitative estimate of drug-likeness (QED) is 0.346. The number of nitrogens with one attached hydrogen (secondary N) is 1. The first-order valence-corrected chi connectivity index (χ1v) is 12.6. The molecule has 1 heterocycles. The smallest absolute Gasteiger partial charge is 0.243 e. The average Bonchev–Trinajstić information content (AvgIpc) is 3.15. The van der Waals surface area contributed by atoms with Crippen molar-refractivity contribution in [3.8, 4) is 11.4 Å². The number of carbonyl (C=O) groups is 1. The minimum Gasteiger partial charge on any atom is -0.335 e. The molecule has 12 heteroatoms. The third-order valence-corrected chi connectivity index (χ3v) is 7.90. The maximum Gasteiger partial charge on any atom is 0.243 e. The molecule has 1 aromatic heterocycles. The zero-order valence-electron chi connectivity index (χ0n) is 17.5. The van der Waals surface area contributed by atoms with Crippen LogP contribution in [0.2, 0.25) is 5.02 Å². The number of nitrogens with zero attached hydrogens (tertiary/aromatic N) is 4. The highest BCUT2D eigenvalue weighted by Crippen LogP contribution is 2.26. The molecule has 9 nitrogen and oxygen atoms in total. The van der Waals surface area contributed by atoms with E-state index in [2.05, 4.69) is 15.5 Å². The highest BCUT2D eigenvalue weighted by atomic mass is 35.5. The molecular formula is C20H23ClN6O3S2. The molecule has 1 amide bonds. The predicted molar refractivity (Wildman–Crippen MR) is 127 cm³/mol. The first kappa shape index (κ1) is 24.1. The van der Waals surface area contributed by atoms with E-state index in [1.807, 2.05) is 0 Å². The third kappa shape index (κ3) is 5.23. The molecule has 170 valence electrons. The Hall–Kier alpha value is -2.60. The number of anilines is 1. The van der Waals surface area contributed by atoms with Crippen molar-refractivity contribution in [1.29, 1.82) is 0 Å². The lowest BCUT2D eigenvalue weighted by atomic mass is 10.2. The fraction of sp³-hybridized carbons (Fsp3) is 0.250. The van der Waals surface area contributed by atoms with E-state index in [1.54, 1.807) is 50.2 Å². The summed E-state index contributed by atoms with van der Waals surface area (Å²) in [7, 11) is -3.63. The van der Waals surface area contributed by atoms with Crippen LogP contribution in [0.4, 0.5) is 5.69 Å². The van der Waals surface area contributed by atoms with E-state index < -0.39 is 10.0 Å². The largest absolute Gasteiger partial charge is 0.335 e. The Balaban J connectivity index is 1.75. The summed E-state index contributed by atoms with van der Waals surface area (Å²) in [6.07, 6.45) is 0. The van der Waals surface area contributed by atoms with Crippen molar-refractivity contribution in [3.05, 3.63) is 53.6 Å². The van der Waals surface area contributed by atoms with Gasteiger partial charge in [-0.05, 0) is 24.3 Å². The molecule has 3 N–H and O–H groups in total. The van der Waals surface area contributed by atoms with Crippen LogP contribution in [-0.4, -0.2) is 52.3 Å². The van der Waals surface area contributed by atoms with Crippen molar-refractivity contribution in [2.75, 3.05) is 30.0 Å². The minimum atomic E-state index is -3.63.